The molecule has 0 aromatic heterocycles. The van der Waals surface area contributed by atoms with Crippen LogP contribution in [0.25, 0.3) is 10.4 Å². The lowest BCUT2D eigenvalue weighted by Crippen LogP contribution is -2.12. The van der Waals surface area contributed by atoms with E-state index in [0.717, 1.165) is 18.6 Å². The quantitative estimate of drug-likeness (QED) is 0.290. The van der Waals surface area contributed by atoms with Crippen molar-refractivity contribution < 1.29 is 9.85 Å². The van der Waals surface area contributed by atoms with Gasteiger partial charge in [-0.05, 0) is 30.9 Å². The predicted octanol–water partition coefficient (Wildman–Crippen LogP) is 3.13. The van der Waals surface area contributed by atoms with Gasteiger partial charge in [0.05, 0.1) is 22.0 Å². The second kappa shape index (κ2) is 6.50. The van der Waals surface area contributed by atoms with E-state index in [1.165, 1.54) is 6.07 Å². The van der Waals surface area contributed by atoms with Crippen molar-refractivity contribution in [2.45, 2.75) is 25.3 Å². The van der Waals surface area contributed by atoms with Crippen molar-refractivity contribution in [3.8, 4) is 0 Å². The van der Waals surface area contributed by atoms with Gasteiger partial charge in [-0.3, -0.25) is 25.7 Å². The van der Waals surface area contributed by atoms with Crippen LogP contribution in [-0.2, 0) is 0 Å². The molecule has 1 N–H and O–H groups in total. The van der Waals surface area contributed by atoms with E-state index in [0.29, 0.717) is 18.6 Å². The van der Waals surface area contributed by atoms with Crippen molar-refractivity contribution in [2.75, 3.05) is 5.43 Å². The van der Waals surface area contributed by atoms with E-state index >= 15 is 0 Å². The van der Waals surface area contributed by atoms with Gasteiger partial charge in [0.15, 0.2) is 0 Å². The molecule has 11 heteroatoms. The molecular weight excluding hydrogens is 294 g/mol. The van der Waals surface area contributed by atoms with E-state index in [9.17, 15) is 20.2 Å². The lowest BCUT2D eigenvalue weighted by molar-refractivity contribution is -0.393. The zero-order valence-corrected chi connectivity index (χ0v) is 11.2. The molecule has 1 aliphatic rings. The average Bonchev–Trinajstić information content (AvgIpc) is 2.92. The molecule has 11 nitrogen and oxygen atoms in total. The molecule has 1 unspecified atom stereocenters. The molecule has 1 aromatic carbocycles. The first-order valence-corrected chi connectivity index (χ1v) is 6.32. The van der Waals surface area contributed by atoms with Crippen molar-refractivity contribution in [2.24, 2.45) is 10.2 Å². The molecule has 0 saturated heterocycles. The van der Waals surface area contributed by atoms with Gasteiger partial charge in [0.2, 0.25) is 0 Å². The highest BCUT2D eigenvalue weighted by molar-refractivity contribution is 5.92. The van der Waals surface area contributed by atoms with E-state index in [1.54, 1.807) is 0 Å². The molecule has 0 bridgehead atoms. The lowest BCUT2D eigenvalue weighted by Gasteiger charge is -2.06. The standard InChI is InChI=1S/C11H11N7O4/c12-16-15-9-3-1-2-8(9)13-14-10-5-4-7(17(19)20)6-11(10)18(21)22/h4-6,9,14H,1-3H2/b13-8-. The van der Waals surface area contributed by atoms with Crippen LogP contribution < -0.4 is 5.43 Å². The number of hydrogen-bond donors (Lipinski definition) is 1. The fourth-order valence-electron chi connectivity index (χ4n) is 2.14. The number of azide groups is 1. The topological polar surface area (TPSA) is 159 Å². The average molecular weight is 305 g/mol. The molecule has 0 amide bonds. The van der Waals surface area contributed by atoms with E-state index in [1.807, 2.05) is 0 Å². The predicted molar refractivity (Wildman–Crippen MR) is 77.6 cm³/mol. The van der Waals surface area contributed by atoms with Crippen molar-refractivity contribution >= 4 is 22.8 Å². The minimum Gasteiger partial charge on any atom is -0.272 e. The molecule has 0 spiro atoms. The Balaban J connectivity index is 2.27. The van der Waals surface area contributed by atoms with Gasteiger partial charge < -0.3 is 0 Å². The minimum atomic E-state index is -0.727. The van der Waals surface area contributed by atoms with Gasteiger partial charge in [0.25, 0.3) is 5.69 Å². The van der Waals surface area contributed by atoms with Crippen molar-refractivity contribution in [3.05, 3.63) is 48.9 Å². The second-order valence-electron chi connectivity index (χ2n) is 4.54. The van der Waals surface area contributed by atoms with Crippen LogP contribution in [0.5, 0.6) is 0 Å². The van der Waals surface area contributed by atoms with Gasteiger partial charge in [-0.15, -0.1) is 0 Å². The largest absolute Gasteiger partial charge is 0.301 e. The van der Waals surface area contributed by atoms with Gasteiger partial charge in [0.1, 0.15) is 5.69 Å². The third-order valence-corrected chi connectivity index (χ3v) is 3.19. The first-order valence-electron chi connectivity index (χ1n) is 6.32. The SMILES string of the molecule is [N-]=[N+]=NC1CCC/C1=N/Nc1ccc([N+](=O)[O-])cc1[N+](=O)[O-]. The summed E-state index contributed by atoms with van der Waals surface area (Å²) in [5.74, 6) is 0. The summed E-state index contributed by atoms with van der Waals surface area (Å²) < 4.78 is 0. The Labute approximate surface area is 123 Å². The van der Waals surface area contributed by atoms with Crippen molar-refractivity contribution in [3.63, 3.8) is 0 Å². The smallest absolute Gasteiger partial charge is 0.272 e. The molecule has 114 valence electrons. The highest BCUT2D eigenvalue weighted by Crippen LogP contribution is 2.29. The van der Waals surface area contributed by atoms with Gasteiger partial charge in [-0.2, -0.15) is 5.10 Å². The number of hydrazone groups is 1. The summed E-state index contributed by atoms with van der Waals surface area (Å²) in [6.07, 6.45) is 2.11. The molecule has 1 fully saturated rings. The maximum Gasteiger partial charge on any atom is 0.301 e. The lowest BCUT2D eigenvalue weighted by atomic mass is 10.2. The van der Waals surface area contributed by atoms with Crippen LogP contribution in [0, 0.1) is 20.2 Å². The van der Waals surface area contributed by atoms with Gasteiger partial charge in [-0.1, -0.05) is 5.11 Å². The summed E-state index contributed by atoms with van der Waals surface area (Å²) in [6.45, 7) is 0. The Bertz CT molecular complexity index is 696. The Hall–Kier alpha value is -3.20. The van der Waals surface area contributed by atoms with E-state index in [-0.39, 0.29) is 17.4 Å². The number of nitrogens with one attached hydrogen (secondary N) is 1. The summed E-state index contributed by atoms with van der Waals surface area (Å²) in [5.41, 5.74) is 10.8. The Morgan fingerprint density at radius 2 is 2.09 bits per heavy atom. The van der Waals surface area contributed by atoms with Crippen molar-refractivity contribution in [1.29, 1.82) is 0 Å². The maximum absolute atomic E-state index is 11.0. The Morgan fingerprint density at radius 1 is 1.32 bits per heavy atom. The van der Waals surface area contributed by atoms with Crippen LogP contribution in [0.1, 0.15) is 19.3 Å². The Kier molecular flexibility index (Phi) is 4.49. The summed E-state index contributed by atoms with van der Waals surface area (Å²) in [7, 11) is 0. The number of non-ortho nitro benzene ring substituents is 1. The second-order valence-corrected chi connectivity index (χ2v) is 4.54. The maximum atomic E-state index is 11.0. The van der Waals surface area contributed by atoms with Crippen LogP contribution in [0.4, 0.5) is 17.1 Å². The van der Waals surface area contributed by atoms with Crippen LogP contribution in [0.3, 0.4) is 0 Å². The zero-order chi connectivity index (χ0) is 16.1. The number of hydrogen-bond acceptors (Lipinski definition) is 7. The molecule has 0 heterocycles. The highest BCUT2D eigenvalue weighted by atomic mass is 16.6. The molecule has 22 heavy (non-hydrogen) atoms. The number of nitro groups is 2. The molecule has 0 radical (unpaired) electrons. The number of anilines is 1. The van der Waals surface area contributed by atoms with Gasteiger partial charge in [-0.25, -0.2) is 0 Å². The molecule has 1 atom stereocenters. The summed E-state index contributed by atoms with van der Waals surface area (Å²) in [6, 6.07) is 2.87. The molecule has 0 aliphatic heterocycles. The molecule has 1 aromatic rings. The molecular formula is C11H11N7O4. The number of nitrogens with zero attached hydrogens (tertiary/aromatic N) is 6. The van der Waals surface area contributed by atoms with Crippen LogP contribution >= 0.6 is 0 Å². The molecule has 1 saturated carbocycles. The van der Waals surface area contributed by atoms with Gasteiger partial charge in [0, 0.05) is 16.7 Å². The molecule has 1 aliphatic carbocycles. The Morgan fingerprint density at radius 3 is 2.73 bits per heavy atom. The fraction of sp³-hybridized carbons (Fsp3) is 0.364. The number of benzene rings is 1. The van der Waals surface area contributed by atoms with Crippen LogP contribution in [0.15, 0.2) is 28.4 Å². The first-order chi connectivity index (χ1) is 10.5. The van der Waals surface area contributed by atoms with Crippen LogP contribution in [-0.4, -0.2) is 21.6 Å². The highest BCUT2D eigenvalue weighted by Gasteiger charge is 2.23. The third kappa shape index (κ3) is 3.27. The van der Waals surface area contributed by atoms with Crippen LogP contribution in [0.2, 0.25) is 0 Å². The van der Waals surface area contributed by atoms with E-state index < -0.39 is 15.5 Å². The minimum absolute atomic E-state index is 0.0367. The summed E-state index contributed by atoms with van der Waals surface area (Å²) >= 11 is 0. The van der Waals surface area contributed by atoms with Crippen molar-refractivity contribution in [1.82, 2.24) is 0 Å². The normalized spacial score (nSPS) is 18.7. The first kappa shape index (κ1) is 15.2. The fourth-order valence-corrected chi connectivity index (χ4v) is 2.14. The third-order valence-electron chi connectivity index (χ3n) is 3.19. The van der Waals surface area contributed by atoms with E-state index in [2.05, 4.69) is 20.6 Å². The monoisotopic (exact) mass is 305 g/mol. The zero-order valence-electron chi connectivity index (χ0n) is 11.2. The molecule has 2 rings (SSSR count). The van der Waals surface area contributed by atoms with E-state index in [4.69, 9.17) is 5.53 Å². The van der Waals surface area contributed by atoms with Gasteiger partial charge >= 0.3 is 5.69 Å². The number of nitro benzene ring substituents is 2. The summed E-state index contributed by atoms with van der Waals surface area (Å²) in [4.78, 5) is 22.9. The summed E-state index contributed by atoms with van der Waals surface area (Å²) in [5, 5.41) is 29.3. The number of rotatable bonds is 5.